The number of hydrogen-bond donors (Lipinski definition) is 2. The fraction of sp³-hybridized carbons (Fsp3) is 0.769. The SMILES string of the molecule is CC1CCC(C)N1C(C)C(=O)N(CC(=O)O)CC(=O)O. The summed E-state index contributed by atoms with van der Waals surface area (Å²) < 4.78 is 0. The Morgan fingerprint density at radius 1 is 1.10 bits per heavy atom. The van der Waals surface area contributed by atoms with E-state index in [1.807, 2.05) is 18.7 Å². The first-order chi connectivity index (χ1) is 9.23. The maximum absolute atomic E-state index is 12.3. The van der Waals surface area contributed by atoms with Gasteiger partial charge in [0, 0.05) is 12.1 Å². The third-order valence-electron chi connectivity index (χ3n) is 3.79. The van der Waals surface area contributed by atoms with E-state index in [4.69, 9.17) is 10.2 Å². The average molecular weight is 286 g/mol. The summed E-state index contributed by atoms with van der Waals surface area (Å²) in [7, 11) is 0. The molecule has 3 unspecified atom stereocenters. The lowest BCUT2D eigenvalue weighted by Crippen LogP contribution is -2.52. The Bertz CT molecular complexity index is 372. The number of amides is 1. The van der Waals surface area contributed by atoms with Gasteiger partial charge < -0.3 is 15.1 Å². The summed E-state index contributed by atoms with van der Waals surface area (Å²) in [5, 5.41) is 17.6. The summed E-state index contributed by atoms with van der Waals surface area (Å²) in [6.45, 7) is 4.56. The maximum Gasteiger partial charge on any atom is 0.323 e. The summed E-state index contributed by atoms with van der Waals surface area (Å²) in [6, 6.07) is -0.0397. The van der Waals surface area contributed by atoms with Crippen molar-refractivity contribution in [3.8, 4) is 0 Å². The van der Waals surface area contributed by atoms with Crippen LogP contribution in [0.1, 0.15) is 33.6 Å². The number of nitrogens with zero attached hydrogens (tertiary/aromatic N) is 2. The molecule has 0 radical (unpaired) electrons. The van der Waals surface area contributed by atoms with Crippen LogP contribution in [0.3, 0.4) is 0 Å². The summed E-state index contributed by atoms with van der Waals surface area (Å²) in [5.41, 5.74) is 0. The lowest BCUT2D eigenvalue weighted by Gasteiger charge is -2.34. The highest BCUT2D eigenvalue weighted by Gasteiger charge is 2.36. The second-order valence-electron chi connectivity index (χ2n) is 5.38. The second kappa shape index (κ2) is 6.69. The number of rotatable bonds is 6. The maximum atomic E-state index is 12.3. The largest absolute Gasteiger partial charge is 0.480 e. The number of carbonyl (C=O) groups is 3. The van der Waals surface area contributed by atoms with E-state index >= 15 is 0 Å². The summed E-state index contributed by atoms with van der Waals surface area (Å²) in [6.07, 6.45) is 1.97. The first kappa shape index (κ1) is 16.4. The molecule has 0 aliphatic carbocycles. The molecule has 0 saturated carbocycles. The number of aliphatic carboxylic acids is 2. The van der Waals surface area contributed by atoms with Crippen molar-refractivity contribution < 1.29 is 24.6 Å². The van der Waals surface area contributed by atoms with Crippen LogP contribution in [0.2, 0.25) is 0 Å². The lowest BCUT2D eigenvalue weighted by molar-refractivity contribution is -0.151. The van der Waals surface area contributed by atoms with E-state index in [0.29, 0.717) is 0 Å². The van der Waals surface area contributed by atoms with Gasteiger partial charge in [-0.15, -0.1) is 0 Å². The highest BCUT2D eigenvalue weighted by molar-refractivity contribution is 5.88. The lowest BCUT2D eigenvalue weighted by atomic mass is 10.2. The molecule has 1 heterocycles. The zero-order valence-electron chi connectivity index (χ0n) is 12.1. The van der Waals surface area contributed by atoms with Gasteiger partial charge in [0.15, 0.2) is 0 Å². The fourth-order valence-corrected chi connectivity index (χ4v) is 2.91. The molecule has 1 amide bonds. The average Bonchev–Trinajstić information content (AvgIpc) is 2.65. The molecule has 1 aliphatic rings. The van der Waals surface area contributed by atoms with Crippen molar-refractivity contribution in [1.29, 1.82) is 0 Å². The number of carbonyl (C=O) groups excluding carboxylic acids is 1. The molecule has 0 aromatic heterocycles. The Morgan fingerprint density at radius 3 is 1.85 bits per heavy atom. The molecule has 1 saturated heterocycles. The third kappa shape index (κ3) is 3.93. The topological polar surface area (TPSA) is 98.2 Å². The van der Waals surface area contributed by atoms with E-state index in [0.717, 1.165) is 17.7 Å². The smallest absolute Gasteiger partial charge is 0.323 e. The molecule has 0 spiro atoms. The van der Waals surface area contributed by atoms with Crippen molar-refractivity contribution in [1.82, 2.24) is 9.80 Å². The van der Waals surface area contributed by atoms with Gasteiger partial charge in [-0.25, -0.2) is 0 Å². The van der Waals surface area contributed by atoms with Gasteiger partial charge in [0.25, 0.3) is 0 Å². The summed E-state index contributed by atoms with van der Waals surface area (Å²) in [5.74, 6) is -2.88. The van der Waals surface area contributed by atoms with Gasteiger partial charge in [-0.3, -0.25) is 19.3 Å². The van der Waals surface area contributed by atoms with Crippen molar-refractivity contribution in [2.75, 3.05) is 13.1 Å². The first-order valence-electron chi connectivity index (χ1n) is 6.73. The minimum Gasteiger partial charge on any atom is -0.480 e. The van der Waals surface area contributed by atoms with E-state index in [1.165, 1.54) is 0 Å². The molecular formula is C13H22N2O5. The molecule has 2 N–H and O–H groups in total. The van der Waals surface area contributed by atoms with Crippen LogP contribution in [0.5, 0.6) is 0 Å². The van der Waals surface area contributed by atoms with Crippen LogP contribution < -0.4 is 0 Å². The van der Waals surface area contributed by atoms with Gasteiger partial charge in [0.05, 0.1) is 6.04 Å². The third-order valence-corrected chi connectivity index (χ3v) is 3.79. The van der Waals surface area contributed by atoms with Crippen molar-refractivity contribution >= 4 is 17.8 Å². The van der Waals surface area contributed by atoms with Gasteiger partial charge >= 0.3 is 11.9 Å². The predicted molar refractivity (Wildman–Crippen MR) is 71.3 cm³/mol. The van der Waals surface area contributed by atoms with Crippen LogP contribution in [0, 0.1) is 0 Å². The normalized spacial score (nSPS) is 24.4. The standard InChI is InChI=1S/C13H22N2O5/c1-8-4-5-9(2)15(8)10(3)13(20)14(6-11(16)17)7-12(18)19/h8-10H,4-7H2,1-3H3,(H,16,17)(H,18,19). The minimum atomic E-state index is -1.21. The van der Waals surface area contributed by atoms with Gasteiger partial charge in [0.2, 0.25) is 5.91 Å². The predicted octanol–water partition coefficient (Wildman–Crippen LogP) is 0.246. The number of carboxylic acid groups (broad SMARTS) is 2. The second-order valence-corrected chi connectivity index (χ2v) is 5.38. The van der Waals surface area contributed by atoms with E-state index in [2.05, 4.69) is 0 Å². The highest BCUT2D eigenvalue weighted by Crippen LogP contribution is 2.26. The van der Waals surface area contributed by atoms with Crippen LogP contribution in [0.4, 0.5) is 0 Å². The summed E-state index contributed by atoms with van der Waals surface area (Å²) >= 11 is 0. The summed E-state index contributed by atoms with van der Waals surface area (Å²) in [4.78, 5) is 36.8. The van der Waals surface area contributed by atoms with Crippen LogP contribution in [0.15, 0.2) is 0 Å². The Labute approximate surface area is 118 Å². The van der Waals surface area contributed by atoms with Gasteiger partial charge in [-0.05, 0) is 33.6 Å². The van der Waals surface area contributed by atoms with Crippen LogP contribution in [0.25, 0.3) is 0 Å². The molecule has 0 aromatic carbocycles. The number of likely N-dealkylation sites (tertiary alicyclic amines) is 1. The van der Waals surface area contributed by atoms with Crippen molar-refractivity contribution in [2.45, 2.75) is 51.7 Å². The van der Waals surface area contributed by atoms with Crippen molar-refractivity contribution in [3.05, 3.63) is 0 Å². The van der Waals surface area contributed by atoms with E-state index in [-0.39, 0.29) is 12.1 Å². The molecule has 7 heteroatoms. The Morgan fingerprint density at radius 2 is 1.50 bits per heavy atom. The Hall–Kier alpha value is -1.63. The van der Waals surface area contributed by atoms with Crippen molar-refractivity contribution in [3.63, 3.8) is 0 Å². The van der Waals surface area contributed by atoms with E-state index < -0.39 is 37.0 Å². The molecule has 0 aromatic rings. The highest BCUT2D eigenvalue weighted by atomic mass is 16.4. The fourth-order valence-electron chi connectivity index (χ4n) is 2.91. The Kier molecular flexibility index (Phi) is 5.50. The van der Waals surface area contributed by atoms with Gasteiger partial charge in [-0.2, -0.15) is 0 Å². The zero-order chi connectivity index (χ0) is 15.4. The number of hydrogen-bond acceptors (Lipinski definition) is 4. The Balaban J connectivity index is 2.81. The van der Waals surface area contributed by atoms with Crippen LogP contribution in [-0.2, 0) is 14.4 Å². The zero-order valence-corrected chi connectivity index (χ0v) is 12.1. The molecule has 1 fully saturated rings. The molecule has 7 nitrogen and oxygen atoms in total. The molecule has 1 rings (SSSR count). The first-order valence-corrected chi connectivity index (χ1v) is 6.73. The van der Waals surface area contributed by atoms with Crippen LogP contribution in [-0.4, -0.2) is 69.1 Å². The molecule has 1 aliphatic heterocycles. The minimum absolute atomic E-state index is 0.237. The van der Waals surface area contributed by atoms with E-state index in [1.54, 1.807) is 6.92 Å². The van der Waals surface area contributed by atoms with E-state index in [9.17, 15) is 14.4 Å². The van der Waals surface area contributed by atoms with Gasteiger partial charge in [0.1, 0.15) is 13.1 Å². The van der Waals surface area contributed by atoms with Crippen LogP contribution >= 0.6 is 0 Å². The van der Waals surface area contributed by atoms with Gasteiger partial charge in [-0.1, -0.05) is 0 Å². The van der Waals surface area contributed by atoms with Crippen molar-refractivity contribution in [2.24, 2.45) is 0 Å². The monoisotopic (exact) mass is 286 g/mol. The number of carboxylic acids is 2. The molecule has 114 valence electrons. The molecular weight excluding hydrogens is 264 g/mol. The molecule has 3 atom stereocenters. The molecule has 20 heavy (non-hydrogen) atoms. The quantitative estimate of drug-likeness (QED) is 0.726. The molecule has 0 bridgehead atoms.